The average Bonchev–Trinajstić information content (AvgIpc) is 3.12. The molecular weight excluding hydrogens is 280 g/mol. The maximum Gasteiger partial charge on any atom is 0.343 e. The number of aryl methyl sites for hydroxylation is 1. The average molecular weight is 290 g/mol. The summed E-state index contributed by atoms with van der Waals surface area (Å²) in [6, 6.07) is 3.82. The molecule has 20 heavy (non-hydrogen) atoms. The van der Waals surface area contributed by atoms with E-state index in [2.05, 4.69) is 9.97 Å². The van der Waals surface area contributed by atoms with Gasteiger partial charge in [-0.15, -0.1) is 11.3 Å². The van der Waals surface area contributed by atoms with E-state index in [-0.39, 0.29) is 12.4 Å². The number of nitro groups is 1. The molecule has 3 aromatic heterocycles. The van der Waals surface area contributed by atoms with E-state index in [1.54, 1.807) is 6.92 Å². The zero-order valence-electron chi connectivity index (χ0n) is 10.5. The molecule has 3 aromatic rings. The van der Waals surface area contributed by atoms with Crippen molar-refractivity contribution in [3.63, 3.8) is 0 Å². The maximum atomic E-state index is 10.9. The minimum atomic E-state index is -0.458. The third-order valence-electron chi connectivity index (χ3n) is 2.82. The number of aromatic nitrogens is 3. The molecule has 0 aliphatic rings. The second-order valence-electron chi connectivity index (χ2n) is 4.13. The van der Waals surface area contributed by atoms with Gasteiger partial charge in [0.15, 0.2) is 5.82 Å². The van der Waals surface area contributed by atoms with Gasteiger partial charge in [0.2, 0.25) is 5.89 Å². The Hall–Kier alpha value is -2.48. The monoisotopic (exact) mass is 290 g/mol. The third kappa shape index (κ3) is 2.21. The largest absolute Gasteiger partial charge is 0.443 e. The van der Waals surface area contributed by atoms with Crippen molar-refractivity contribution >= 4 is 17.2 Å². The van der Waals surface area contributed by atoms with Crippen molar-refractivity contribution in [2.24, 2.45) is 0 Å². The van der Waals surface area contributed by atoms with Crippen LogP contribution in [0.3, 0.4) is 0 Å². The fourth-order valence-corrected chi connectivity index (χ4v) is 2.51. The molecule has 3 rings (SSSR count). The zero-order chi connectivity index (χ0) is 14.1. The molecule has 0 amide bonds. The molecule has 0 saturated heterocycles. The van der Waals surface area contributed by atoms with Crippen molar-refractivity contribution in [1.29, 1.82) is 0 Å². The lowest BCUT2D eigenvalue weighted by molar-refractivity contribution is -0.392. The van der Waals surface area contributed by atoms with E-state index in [0.717, 1.165) is 4.88 Å². The summed E-state index contributed by atoms with van der Waals surface area (Å²) in [7, 11) is 0. The molecule has 0 unspecified atom stereocenters. The van der Waals surface area contributed by atoms with Crippen molar-refractivity contribution in [2.45, 2.75) is 13.5 Å². The Morgan fingerprint density at radius 3 is 3.10 bits per heavy atom. The van der Waals surface area contributed by atoms with Crippen LogP contribution >= 0.6 is 11.3 Å². The van der Waals surface area contributed by atoms with Crippen LogP contribution in [0.15, 0.2) is 34.4 Å². The topological polar surface area (TPSA) is 87.0 Å². The second-order valence-corrected chi connectivity index (χ2v) is 5.08. The van der Waals surface area contributed by atoms with Gasteiger partial charge in [-0.05, 0) is 16.4 Å². The molecule has 0 aliphatic carbocycles. The first-order valence-corrected chi connectivity index (χ1v) is 6.68. The van der Waals surface area contributed by atoms with Gasteiger partial charge >= 0.3 is 5.82 Å². The summed E-state index contributed by atoms with van der Waals surface area (Å²) in [5.74, 6) is 1.04. The predicted molar refractivity (Wildman–Crippen MR) is 72.5 cm³/mol. The van der Waals surface area contributed by atoms with E-state index in [9.17, 15) is 10.1 Å². The summed E-state index contributed by atoms with van der Waals surface area (Å²) in [6.07, 6.45) is 2.76. The van der Waals surface area contributed by atoms with Gasteiger partial charge in [-0.2, -0.15) is 0 Å². The van der Waals surface area contributed by atoms with Crippen LogP contribution in [0.2, 0.25) is 0 Å². The quantitative estimate of drug-likeness (QED) is 0.544. The number of oxazole rings is 1. The molecule has 0 spiro atoms. The van der Waals surface area contributed by atoms with Crippen LogP contribution in [0.4, 0.5) is 5.82 Å². The van der Waals surface area contributed by atoms with Gasteiger partial charge in [-0.3, -0.25) is 0 Å². The fraction of sp³-hybridized carbons (Fsp3) is 0.167. The molecule has 0 fully saturated rings. The van der Waals surface area contributed by atoms with Crippen molar-refractivity contribution in [3.8, 4) is 10.8 Å². The Kier molecular flexibility index (Phi) is 3.07. The summed E-state index contributed by atoms with van der Waals surface area (Å²) in [6.45, 7) is 1.98. The molecule has 7 nitrogen and oxygen atoms in total. The molecule has 0 radical (unpaired) electrons. The summed E-state index contributed by atoms with van der Waals surface area (Å²) < 4.78 is 6.89. The number of imidazole rings is 1. The van der Waals surface area contributed by atoms with Gasteiger partial charge in [-0.25, -0.2) is 14.5 Å². The molecule has 0 N–H and O–H groups in total. The van der Waals surface area contributed by atoms with Gasteiger partial charge in [0.25, 0.3) is 0 Å². The lowest BCUT2D eigenvalue weighted by Gasteiger charge is -1.99. The molecule has 0 saturated carbocycles. The predicted octanol–water partition coefficient (Wildman–Crippen LogP) is 2.86. The lowest BCUT2D eigenvalue weighted by atomic mass is 10.4. The van der Waals surface area contributed by atoms with Crippen LogP contribution in [0.25, 0.3) is 10.8 Å². The third-order valence-corrected chi connectivity index (χ3v) is 3.68. The fourth-order valence-electron chi connectivity index (χ4n) is 1.85. The first-order chi connectivity index (χ1) is 9.65. The normalized spacial score (nSPS) is 10.8. The first kappa shape index (κ1) is 12.5. The standard InChI is InChI=1S/C12H10N4O3S/c1-8-13-5-11(16(17)18)15(8)6-9-7-19-12(14-9)10-3-2-4-20-10/h2-5,7H,6H2,1H3. The van der Waals surface area contributed by atoms with Crippen LogP contribution in [-0.4, -0.2) is 19.5 Å². The number of rotatable bonds is 4. The lowest BCUT2D eigenvalue weighted by Crippen LogP contribution is -2.06. The highest BCUT2D eigenvalue weighted by atomic mass is 32.1. The maximum absolute atomic E-state index is 10.9. The van der Waals surface area contributed by atoms with E-state index in [0.29, 0.717) is 17.4 Å². The molecule has 8 heteroatoms. The number of thiophene rings is 1. The van der Waals surface area contributed by atoms with Crippen molar-refractivity contribution in [2.75, 3.05) is 0 Å². The van der Waals surface area contributed by atoms with E-state index in [1.165, 1.54) is 28.4 Å². The second kappa shape index (κ2) is 4.89. The summed E-state index contributed by atoms with van der Waals surface area (Å²) in [5, 5.41) is 12.9. The van der Waals surface area contributed by atoms with Crippen LogP contribution in [-0.2, 0) is 6.54 Å². The van der Waals surface area contributed by atoms with Crippen molar-refractivity contribution in [1.82, 2.24) is 14.5 Å². The van der Waals surface area contributed by atoms with Crippen LogP contribution in [0.5, 0.6) is 0 Å². The van der Waals surface area contributed by atoms with Gasteiger partial charge < -0.3 is 14.5 Å². The first-order valence-electron chi connectivity index (χ1n) is 5.80. The highest BCUT2D eigenvalue weighted by Crippen LogP contribution is 2.24. The molecule has 3 heterocycles. The summed E-state index contributed by atoms with van der Waals surface area (Å²) in [4.78, 5) is 19.7. The molecule has 0 atom stereocenters. The molecular formula is C12H10N4O3S. The van der Waals surface area contributed by atoms with Crippen LogP contribution in [0.1, 0.15) is 11.5 Å². The Labute approximate surface area is 117 Å². The van der Waals surface area contributed by atoms with Crippen LogP contribution < -0.4 is 0 Å². The van der Waals surface area contributed by atoms with E-state index in [1.807, 2.05) is 17.5 Å². The molecule has 0 bridgehead atoms. The summed E-state index contributed by atoms with van der Waals surface area (Å²) >= 11 is 1.52. The molecule has 102 valence electrons. The van der Waals surface area contributed by atoms with Gasteiger partial charge in [0.05, 0.1) is 4.88 Å². The van der Waals surface area contributed by atoms with E-state index < -0.39 is 4.92 Å². The van der Waals surface area contributed by atoms with Crippen molar-refractivity contribution in [3.05, 3.63) is 51.6 Å². The zero-order valence-corrected chi connectivity index (χ0v) is 11.3. The Balaban J connectivity index is 1.89. The highest BCUT2D eigenvalue weighted by Gasteiger charge is 2.19. The van der Waals surface area contributed by atoms with Gasteiger partial charge in [-0.1, -0.05) is 6.07 Å². The SMILES string of the molecule is Cc1ncc([N+](=O)[O-])n1Cc1coc(-c2cccs2)n1. The van der Waals surface area contributed by atoms with Gasteiger partial charge in [0.1, 0.15) is 24.7 Å². The number of hydrogen-bond acceptors (Lipinski definition) is 6. The Morgan fingerprint density at radius 2 is 2.40 bits per heavy atom. The minimum absolute atomic E-state index is 0.0526. The summed E-state index contributed by atoms with van der Waals surface area (Å²) in [5.41, 5.74) is 0.623. The Bertz CT molecular complexity index is 745. The van der Waals surface area contributed by atoms with E-state index in [4.69, 9.17) is 4.42 Å². The Morgan fingerprint density at radius 1 is 1.55 bits per heavy atom. The molecule has 0 aromatic carbocycles. The highest BCUT2D eigenvalue weighted by molar-refractivity contribution is 7.13. The smallest absolute Gasteiger partial charge is 0.343 e. The number of hydrogen-bond donors (Lipinski definition) is 0. The van der Waals surface area contributed by atoms with Crippen molar-refractivity contribution < 1.29 is 9.34 Å². The minimum Gasteiger partial charge on any atom is -0.443 e. The van der Waals surface area contributed by atoms with E-state index >= 15 is 0 Å². The number of nitrogens with zero attached hydrogens (tertiary/aromatic N) is 4. The molecule has 0 aliphatic heterocycles. The van der Waals surface area contributed by atoms with Crippen LogP contribution in [0, 0.1) is 17.0 Å². The van der Waals surface area contributed by atoms with Gasteiger partial charge in [0, 0.05) is 6.92 Å².